The Labute approximate surface area is 174 Å². The molecule has 3 aromatic rings. The maximum absolute atomic E-state index is 12.9. The van der Waals surface area contributed by atoms with Crippen molar-refractivity contribution in [3.8, 4) is 5.75 Å². The number of benzene rings is 2. The van der Waals surface area contributed by atoms with E-state index in [-0.39, 0.29) is 11.6 Å². The molecule has 0 fully saturated rings. The zero-order chi connectivity index (χ0) is 20.8. The number of ketones is 1. The van der Waals surface area contributed by atoms with Crippen molar-refractivity contribution in [3.63, 3.8) is 0 Å². The Balaban J connectivity index is 1.80. The first kappa shape index (κ1) is 20.7. The zero-order valence-electron chi connectivity index (χ0n) is 16.7. The summed E-state index contributed by atoms with van der Waals surface area (Å²) in [4.78, 5) is 17.6. The van der Waals surface area contributed by atoms with Crippen molar-refractivity contribution in [3.05, 3.63) is 58.5 Å². The number of nitrogen functional groups attached to an aromatic ring is 2. The van der Waals surface area contributed by atoms with E-state index in [0.29, 0.717) is 21.3 Å². The molecule has 1 heterocycles. The number of anilines is 4. The minimum Gasteiger partial charge on any atom is -0.496 e. The molecule has 5 N–H and O–H groups in total. The number of aromatic nitrogens is 1. The van der Waals surface area contributed by atoms with Crippen LogP contribution < -0.4 is 21.5 Å². The number of hydrogen-bond acceptors (Lipinski definition) is 7. The molecule has 6 nitrogen and oxygen atoms in total. The number of nitrogens with two attached hydrogens (primary N) is 2. The number of nitrogens with one attached hydrogen (secondary N) is 1. The quantitative estimate of drug-likeness (QED) is 0.260. The second-order valence-corrected chi connectivity index (χ2v) is 7.76. The molecule has 3 rings (SSSR count). The third-order valence-electron chi connectivity index (χ3n) is 4.66. The highest BCUT2D eigenvalue weighted by Crippen LogP contribution is 2.32. The Morgan fingerprint density at radius 3 is 2.72 bits per heavy atom. The van der Waals surface area contributed by atoms with Crippen LogP contribution in [0.4, 0.5) is 22.3 Å². The van der Waals surface area contributed by atoms with Gasteiger partial charge in [-0.3, -0.25) is 4.79 Å². The van der Waals surface area contributed by atoms with Crippen molar-refractivity contribution in [1.82, 2.24) is 4.98 Å². The largest absolute Gasteiger partial charge is 0.496 e. The van der Waals surface area contributed by atoms with Gasteiger partial charge in [0.1, 0.15) is 16.4 Å². The number of nitrogens with zero attached hydrogens (tertiary/aromatic N) is 1. The van der Waals surface area contributed by atoms with E-state index in [9.17, 15) is 4.79 Å². The van der Waals surface area contributed by atoms with E-state index >= 15 is 0 Å². The smallest absolute Gasteiger partial charge is 0.210 e. The highest BCUT2D eigenvalue weighted by molar-refractivity contribution is 7.18. The van der Waals surface area contributed by atoms with Crippen molar-refractivity contribution < 1.29 is 9.53 Å². The number of ether oxygens (including phenoxy) is 1. The molecular weight excluding hydrogens is 384 g/mol. The molecule has 1 aromatic heterocycles. The fourth-order valence-corrected chi connectivity index (χ4v) is 3.95. The molecule has 0 aliphatic rings. The molecule has 0 spiro atoms. The van der Waals surface area contributed by atoms with E-state index in [1.54, 1.807) is 18.2 Å². The van der Waals surface area contributed by atoms with Gasteiger partial charge in [0.25, 0.3) is 0 Å². The number of carbonyl (C=O) groups excluding carboxylic acids is 1. The maximum atomic E-state index is 12.9. The minimum atomic E-state index is -0.205. The molecule has 0 unspecified atom stereocenters. The van der Waals surface area contributed by atoms with Crippen LogP contribution in [0.15, 0.2) is 42.5 Å². The van der Waals surface area contributed by atoms with Crippen LogP contribution in [0, 0.1) is 0 Å². The third-order valence-corrected chi connectivity index (χ3v) is 5.64. The van der Waals surface area contributed by atoms with Gasteiger partial charge in [0.2, 0.25) is 5.78 Å². The predicted octanol–water partition coefficient (Wildman–Crippen LogP) is 5.02. The zero-order valence-corrected chi connectivity index (χ0v) is 17.5. The Bertz CT molecular complexity index is 1000. The number of hydrogen-bond donors (Lipinski definition) is 3. The lowest BCUT2D eigenvalue weighted by Crippen LogP contribution is -2.04. The van der Waals surface area contributed by atoms with Gasteiger partial charge in [-0.15, -0.1) is 0 Å². The third kappa shape index (κ3) is 4.86. The number of aryl methyl sites for hydroxylation is 1. The summed E-state index contributed by atoms with van der Waals surface area (Å²) in [6.07, 6.45) is 4.38. The summed E-state index contributed by atoms with van der Waals surface area (Å²) in [7, 11) is 1.54. The van der Waals surface area contributed by atoms with Gasteiger partial charge >= 0.3 is 0 Å². The molecule has 0 amide bonds. The molecule has 0 atom stereocenters. The van der Waals surface area contributed by atoms with Crippen molar-refractivity contribution in [2.24, 2.45) is 0 Å². The van der Waals surface area contributed by atoms with Gasteiger partial charge in [0, 0.05) is 11.4 Å². The molecule has 0 saturated heterocycles. The van der Waals surface area contributed by atoms with E-state index < -0.39 is 0 Å². The van der Waals surface area contributed by atoms with Crippen molar-refractivity contribution in [2.75, 3.05) is 23.9 Å². The Hall–Kier alpha value is -3.06. The summed E-state index contributed by atoms with van der Waals surface area (Å²) in [5.41, 5.74) is 15.4. The number of thiazole rings is 1. The molecular formula is C22H26N4O2S. The molecule has 0 radical (unpaired) electrons. The second kappa shape index (κ2) is 9.43. The monoisotopic (exact) mass is 410 g/mol. The second-order valence-electron chi connectivity index (χ2n) is 6.76. The summed E-state index contributed by atoms with van der Waals surface area (Å²) in [5.74, 6) is 0.505. The number of carbonyl (C=O) groups is 1. The highest BCUT2D eigenvalue weighted by atomic mass is 32.1. The van der Waals surface area contributed by atoms with Crippen LogP contribution in [-0.2, 0) is 6.42 Å². The highest BCUT2D eigenvalue weighted by Gasteiger charge is 2.21. The van der Waals surface area contributed by atoms with Crippen LogP contribution in [0.3, 0.4) is 0 Å². The fraction of sp³-hybridized carbons (Fsp3) is 0.273. The fourth-order valence-electron chi connectivity index (χ4n) is 3.09. The van der Waals surface area contributed by atoms with Gasteiger partial charge in [0.15, 0.2) is 5.13 Å². The molecule has 0 bridgehead atoms. The summed E-state index contributed by atoms with van der Waals surface area (Å²) in [6.45, 7) is 2.18. The van der Waals surface area contributed by atoms with Crippen molar-refractivity contribution in [2.45, 2.75) is 32.6 Å². The molecule has 29 heavy (non-hydrogen) atoms. The normalized spacial score (nSPS) is 10.7. The summed E-state index contributed by atoms with van der Waals surface area (Å²) < 4.78 is 5.29. The first-order chi connectivity index (χ1) is 14.0. The summed E-state index contributed by atoms with van der Waals surface area (Å²) >= 11 is 1.22. The molecule has 7 heteroatoms. The van der Waals surface area contributed by atoms with E-state index in [2.05, 4.69) is 17.2 Å². The number of rotatable bonds is 9. The first-order valence-electron chi connectivity index (χ1n) is 9.63. The molecule has 0 aliphatic carbocycles. The minimum absolute atomic E-state index is 0.201. The van der Waals surface area contributed by atoms with Crippen LogP contribution >= 0.6 is 11.3 Å². The van der Waals surface area contributed by atoms with Crippen LogP contribution in [0.25, 0.3) is 0 Å². The van der Waals surface area contributed by atoms with Gasteiger partial charge in [-0.2, -0.15) is 0 Å². The van der Waals surface area contributed by atoms with E-state index in [4.69, 9.17) is 16.2 Å². The topological polar surface area (TPSA) is 103 Å². The van der Waals surface area contributed by atoms with Crippen molar-refractivity contribution in [1.29, 1.82) is 0 Å². The SMILES string of the molecule is CCCCCc1cc(Nc2nc(N)c(C(=O)c3ccccc3OC)s2)ccc1N. The van der Waals surface area contributed by atoms with Gasteiger partial charge in [-0.05, 0) is 48.7 Å². The molecule has 0 saturated carbocycles. The maximum Gasteiger partial charge on any atom is 0.210 e. The van der Waals surface area contributed by atoms with Crippen LogP contribution in [0.5, 0.6) is 5.75 Å². The van der Waals surface area contributed by atoms with Gasteiger partial charge < -0.3 is 21.5 Å². The average molecular weight is 411 g/mol. The van der Waals surface area contributed by atoms with Crippen LogP contribution in [0.1, 0.15) is 47.0 Å². The first-order valence-corrected chi connectivity index (χ1v) is 10.4. The standard InChI is InChI=1S/C22H26N4O2S/c1-3-4-5-8-14-13-15(11-12-17(14)23)25-22-26-21(24)20(29-22)19(27)16-9-6-7-10-18(16)28-2/h6-7,9-13H,3-5,8,23-24H2,1-2H3,(H,25,26). The van der Waals surface area contributed by atoms with Crippen molar-refractivity contribution >= 4 is 39.4 Å². The number of methoxy groups -OCH3 is 1. The Morgan fingerprint density at radius 2 is 1.97 bits per heavy atom. The average Bonchev–Trinajstić information content (AvgIpc) is 3.09. The Morgan fingerprint density at radius 1 is 1.17 bits per heavy atom. The van der Waals surface area contributed by atoms with Crippen LogP contribution in [0.2, 0.25) is 0 Å². The number of unbranched alkanes of at least 4 members (excludes halogenated alkanes) is 2. The lowest BCUT2D eigenvalue weighted by molar-refractivity contribution is 0.104. The van der Waals surface area contributed by atoms with Gasteiger partial charge in [-0.1, -0.05) is 43.2 Å². The van der Waals surface area contributed by atoms with E-state index in [1.165, 1.54) is 31.3 Å². The Kier molecular flexibility index (Phi) is 6.72. The lowest BCUT2D eigenvalue weighted by Gasteiger charge is -2.09. The van der Waals surface area contributed by atoms with Gasteiger partial charge in [-0.25, -0.2) is 4.98 Å². The van der Waals surface area contributed by atoms with Crippen LogP contribution in [-0.4, -0.2) is 17.9 Å². The molecule has 2 aromatic carbocycles. The lowest BCUT2D eigenvalue weighted by atomic mass is 10.0. The van der Waals surface area contributed by atoms with Gasteiger partial charge in [0.05, 0.1) is 12.7 Å². The van der Waals surface area contributed by atoms with E-state index in [1.807, 2.05) is 24.3 Å². The molecule has 0 aliphatic heterocycles. The molecule has 152 valence electrons. The van der Waals surface area contributed by atoms with E-state index in [0.717, 1.165) is 29.8 Å². The summed E-state index contributed by atoms with van der Waals surface area (Å²) in [6, 6.07) is 12.9. The summed E-state index contributed by atoms with van der Waals surface area (Å²) in [5, 5.41) is 3.81. The number of para-hydroxylation sites is 1. The predicted molar refractivity (Wildman–Crippen MR) is 120 cm³/mol.